The Labute approximate surface area is 125 Å². The summed E-state index contributed by atoms with van der Waals surface area (Å²) in [6.07, 6.45) is 2.81. The fourth-order valence-corrected chi connectivity index (χ4v) is 3.00. The van der Waals surface area contributed by atoms with Gasteiger partial charge in [-0.3, -0.25) is 9.59 Å². The fraction of sp³-hybridized carbons (Fsp3) is 0.529. The third kappa shape index (κ3) is 4.06. The lowest BCUT2D eigenvalue weighted by molar-refractivity contribution is -0.145. The van der Waals surface area contributed by atoms with Crippen molar-refractivity contribution in [1.29, 1.82) is 0 Å². The smallest absolute Gasteiger partial charge is 0.306 e. The average molecular weight is 289 g/mol. The summed E-state index contributed by atoms with van der Waals surface area (Å²) >= 11 is 0. The largest absolute Gasteiger partial charge is 0.481 e. The number of carboxylic acids is 1. The number of hydrogen-bond donors (Lipinski definition) is 1. The number of nitrogens with zero attached hydrogens (tertiary/aromatic N) is 1. The summed E-state index contributed by atoms with van der Waals surface area (Å²) in [5.74, 6) is -1.20. The summed E-state index contributed by atoms with van der Waals surface area (Å²) in [5.41, 5.74) is 2.30. The SMILES string of the molecule is Cc1ccc(CN(C)C(=O)[C@H]2CCC[C@H](C(=O)O)C2)cc1. The van der Waals surface area contributed by atoms with Gasteiger partial charge in [-0.15, -0.1) is 0 Å². The zero-order valence-corrected chi connectivity index (χ0v) is 12.7. The molecular formula is C17H23NO3. The first-order valence-corrected chi connectivity index (χ1v) is 7.50. The third-order valence-electron chi connectivity index (χ3n) is 4.29. The van der Waals surface area contributed by atoms with Crippen molar-refractivity contribution in [2.45, 2.75) is 39.2 Å². The van der Waals surface area contributed by atoms with Crippen LogP contribution in [-0.2, 0) is 16.1 Å². The fourth-order valence-electron chi connectivity index (χ4n) is 3.00. The van der Waals surface area contributed by atoms with Gasteiger partial charge in [-0.05, 0) is 31.7 Å². The molecule has 0 heterocycles. The Balaban J connectivity index is 1.95. The highest BCUT2D eigenvalue weighted by Crippen LogP contribution is 2.30. The third-order valence-corrected chi connectivity index (χ3v) is 4.29. The molecule has 1 aromatic rings. The zero-order valence-electron chi connectivity index (χ0n) is 12.7. The standard InChI is InChI=1S/C17H23NO3/c1-12-6-8-13(9-7-12)11-18(2)16(19)14-4-3-5-15(10-14)17(20)21/h6-9,14-15H,3-5,10-11H2,1-2H3,(H,20,21)/t14-,15-/m0/s1. The summed E-state index contributed by atoms with van der Waals surface area (Å²) in [4.78, 5) is 25.3. The van der Waals surface area contributed by atoms with E-state index in [1.807, 2.05) is 31.2 Å². The van der Waals surface area contributed by atoms with Gasteiger partial charge in [-0.1, -0.05) is 36.2 Å². The Kier molecular flexibility index (Phi) is 4.99. The van der Waals surface area contributed by atoms with Gasteiger partial charge in [0, 0.05) is 19.5 Å². The molecule has 1 saturated carbocycles. The lowest BCUT2D eigenvalue weighted by Crippen LogP contribution is -2.36. The van der Waals surface area contributed by atoms with Gasteiger partial charge in [0.05, 0.1) is 5.92 Å². The second-order valence-corrected chi connectivity index (χ2v) is 6.08. The van der Waals surface area contributed by atoms with Crippen LogP contribution < -0.4 is 0 Å². The molecule has 0 bridgehead atoms. The topological polar surface area (TPSA) is 57.6 Å². The lowest BCUT2D eigenvalue weighted by Gasteiger charge is -2.29. The molecule has 4 nitrogen and oxygen atoms in total. The van der Waals surface area contributed by atoms with Crippen LogP contribution in [0.4, 0.5) is 0 Å². The first kappa shape index (κ1) is 15.5. The quantitative estimate of drug-likeness (QED) is 0.927. The number of hydrogen-bond acceptors (Lipinski definition) is 2. The highest BCUT2D eigenvalue weighted by atomic mass is 16.4. The molecule has 0 unspecified atom stereocenters. The number of carbonyl (C=O) groups excluding carboxylic acids is 1. The number of aryl methyl sites for hydroxylation is 1. The summed E-state index contributed by atoms with van der Waals surface area (Å²) in [6.45, 7) is 2.61. The van der Waals surface area contributed by atoms with Gasteiger partial charge in [-0.25, -0.2) is 0 Å². The van der Waals surface area contributed by atoms with Gasteiger partial charge in [0.1, 0.15) is 0 Å². The molecule has 1 fully saturated rings. The number of carbonyl (C=O) groups is 2. The van der Waals surface area contributed by atoms with E-state index < -0.39 is 5.97 Å². The minimum Gasteiger partial charge on any atom is -0.481 e. The van der Waals surface area contributed by atoms with Crippen LogP contribution in [0.1, 0.15) is 36.8 Å². The summed E-state index contributed by atoms with van der Waals surface area (Å²) < 4.78 is 0. The van der Waals surface area contributed by atoms with Crippen molar-refractivity contribution in [1.82, 2.24) is 4.90 Å². The molecule has 1 aromatic carbocycles. The van der Waals surface area contributed by atoms with Crippen LogP contribution in [0.5, 0.6) is 0 Å². The maximum absolute atomic E-state index is 12.5. The summed E-state index contributed by atoms with van der Waals surface area (Å²) in [5, 5.41) is 9.11. The molecular weight excluding hydrogens is 266 g/mol. The van der Waals surface area contributed by atoms with Crippen molar-refractivity contribution in [3.63, 3.8) is 0 Å². The van der Waals surface area contributed by atoms with Crippen LogP contribution in [0.15, 0.2) is 24.3 Å². The van der Waals surface area contributed by atoms with Crippen molar-refractivity contribution in [3.05, 3.63) is 35.4 Å². The highest BCUT2D eigenvalue weighted by Gasteiger charge is 2.32. The Hall–Kier alpha value is -1.84. The summed E-state index contributed by atoms with van der Waals surface area (Å²) in [6, 6.07) is 8.13. The Bertz CT molecular complexity index is 509. The molecule has 0 aromatic heterocycles. The highest BCUT2D eigenvalue weighted by molar-refractivity contribution is 5.80. The van der Waals surface area contributed by atoms with Crippen LogP contribution in [-0.4, -0.2) is 28.9 Å². The van der Waals surface area contributed by atoms with Crippen LogP contribution in [0.2, 0.25) is 0 Å². The van der Waals surface area contributed by atoms with E-state index in [1.54, 1.807) is 11.9 Å². The molecule has 4 heteroatoms. The van der Waals surface area contributed by atoms with Gasteiger partial charge in [-0.2, -0.15) is 0 Å². The minimum atomic E-state index is -0.770. The van der Waals surface area contributed by atoms with Crippen LogP contribution in [0, 0.1) is 18.8 Å². The maximum Gasteiger partial charge on any atom is 0.306 e. The van der Waals surface area contributed by atoms with Crippen LogP contribution in [0.25, 0.3) is 0 Å². The van der Waals surface area contributed by atoms with Crippen molar-refractivity contribution >= 4 is 11.9 Å². The Morgan fingerprint density at radius 3 is 2.43 bits per heavy atom. The van der Waals surface area contributed by atoms with E-state index in [1.165, 1.54) is 5.56 Å². The second-order valence-electron chi connectivity index (χ2n) is 6.08. The lowest BCUT2D eigenvalue weighted by atomic mass is 9.81. The maximum atomic E-state index is 12.5. The zero-order chi connectivity index (χ0) is 15.4. The van der Waals surface area contributed by atoms with E-state index >= 15 is 0 Å². The minimum absolute atomic E-state index is 0.0709. The van der Waals surface area contributed by atoms with E-state index in [0.29, 0.717) is 19.4 Å². The van der Waals surface area contributed by atoms with Gasteiger partial charge in [0.25, 0.3) is 0 Å². The van der Waals surface area contributed by atoms with Crippen molar-refractivity contribution in [2.75, 3.05) is 7.05 Å². The Morgan fingerprint density at radius 1 is 1.19 bits per heavy atom. The molecule has 0 spiro atoms. The molecule has 114 valence electrons. The Morgan fingerprint density at radius 2 is 1.81 bits per heavy atom. The number of benzene rings is 1. The second kappa shape index (κ2) is 6.74. The van der Waals surface area contributed by atoms with Gasteiger partial charge in [0.15, 0.2) is 0 Å². The predicted molar refractivity (Wildman–Crippen MR) is 80.7 cm³/mol. The van der Waals surface area contributed by atoms with Crippen LogP contribution >= 0.6 is 0 Å². The first-order chi connectivity index (χ1) is 9.97. The number of aliphatic carboxylic acids is 1. The molecule has 0 aliphatic heterocycles. The van der Waals surface area contributed by atoms with Crippen LogP contribution in [0.3, 0.4) is 0 Å². The average Bonchev–Trinajstić information content (AvgIpc) is 2.49. The van der Waals surface area contributed by atoms with E-state index in [0.717, 1.165) is 18.4 Å². The van der Waals surface area contributed by atoms with E-state index in [4.69, 9.17) is 5.11 Å². The monoisotopic (exact) mass is 289 g/mol. The van der Waals surface area contributed by atoms with Gasteiger partial charge >= 0.3 is 5.97 Å². The van der Waals surface area contributed by atoms with Crippen molar-refractivity contribution in [3.8, 4) is 0 Å². The molecule has 0 radical (unpaired) electrons. The van der Waals surface area contributed by atoms with E-state index in [2.05, 4.69) is 0 Å². The van der Waals surface area contributed by atoms with E-state index in [-0.39, 0.29) is 17.7 Å². The molecule has 0 saturated heterocycles. The molecule has 1 N–H and O–H groups in total. The molecule has 1 aliphatic carbocycles. The number of carboxylic acid groups (broad SMARTS) is 1. The molecule has 2 atom stereocenters. The first-order valence-electron chi connectivity index (χ1n) is 7.50. The van der Waals surface area contributed by atoms with E-state index in [9.17, 15) is 9.59 Å². The van der Waals surface area contributed by atoms with Crippen molar-refractivity contribution < 1.29 is 14.7 Å². The van der Waals surface area contributed by atoms with Gasteiger partial charge in [0.2, 0.25) is 5.91 Å². The predicted octanol–water partition coefficient (Wildman–Crippen LogP) is 2.84. The molecule has 21 heavy (non-hydrogen) atoms. The van der Waals surface area contributed by atoms with Gasteiger partial charge < -0.3 is 10.0 Å². The number of amides is 1. The molecule has 2 rings (SSSR count). The molecule has 1 aliphatic rings. The summed E-state index contributed by atoms with van der Waals surface area (Å²) in [7, 11) is 1.80. The number of rotatable bonds is 4. The van der Waals surface area contributed by atoms with Crippen molar-refractivity contribution in [2.24, 2.45) is 11.8 Å². The molecule has 1 amide bonds. The normalized spacial score (nSPS) is 21.8.